The second-order valence-corrected chi connectivity index (χ2v) is 3.33. The highest BCUT2D eigenvalue weighted by Gasteiger charge is 2.65. The minimum absolute atomic E-state index is 0.161. The number of hydrazine groups is 1. The first kappa shape index (κ1) is 10.3. The molecule has 1 aromatic rings. The third kappa shape index (κ3) is 1.55. The summed E-state index contributed by atoms with van der Waals surface area (Å²) in [7, 11) is 1.71. The van der Waals surface area contributed by atoms with Gasteiger partial charge in [-0.2, -0.15) is 13.2 Å². The maximum absolute atomic E-state index is 12.6. The van der Waals surface area contributed by atoms with Crippen LogP contribution in [0.2, 0.25) is 0 Å². The van der Waals surface area contributed by atoms with Crippen molar-refractivity contribution in [1.82, 2.24) is 10.9 Å². The Morgan fingerprint density at radius 1 is 1.13 bits per heavy atom. The van der Waals surface area contributed by atoms with E-state index in [1.807, 2.05) is 0 Å². The van der Waals surface area contributed by atoms with Gasteiger partial charge in [0, 0.05) is 12.7 Å². The summed E-state index contributed by atoms with van der Waals surface area (Å²) in [4.78, 5) is 0. The molecule has 0 saturated carbocycles. The molecule has 0 spiro atoms. The summed E-state index contributed by atoms with van der Waals surface area (Å²) in [5, 5.41) is 2.84. The van der Waals surface area contributed by atoms with Gasteiger partial charge >= 0.3 is 6.18 Å². The predicted molar refractivity (Wildman–Crippen MR) is 50.0 cm³/mol. The van der Waals surface area contributed by atoms with Gasteiger partial charge in [0.15, 0.2) is 0 Å². The van der Waals surface area contributed by atoms with E-state index >= 15 is 0 Å². The molecule has 1 fully saturated rings. The molecule has 0 radical (unpaired) electrons. The molecule has 82 valence electrons. The average Bonchev–Trinajstić information content (AvgIpc) is 2.98. The highest BCUT2D eigenvalue weighted by atomic mass is 19.4. The number of anilines is 1. The van der Waals surface area contributed by atoms with Crippen LogP contribution in [0.1, 0.15) is 5.56 Å². The van der Waals surface area contributed by atoms with Crippen molar-refractivity contribution in [3.05, 3.63) is 29.8 Å². The van der Waals surface area contributed by atoms with Gasteiger partial charge in [-0.15, -0.1) is 0 Å². The zero-order valence-corrected chi connectivity index (χ0v) is 7.94. The van der Waals surface area contributed by atoms with Crippen molar-refractivity contribution in [2.24, 2.45) is 0 Å². The Labute approximate surface area is 84.6 Å². The summed E-state index contributed by atoms with van der Waals surface area (Å²) >= 11 is 0. The maximum Gasteiger partial charge on any atom is 0.426 e. The molecule has 0 amide bonds. The zero-order chi connectivity index (χ0) is 11.1. The van der Waals surface area contributed by atoms with Gasteiger partial charge in [-0.3, -0.25) is 0 Å². The lowest BCUT2D eigenvalue weighted by Crippen LogP contribution is -2.34. The van der Waals surface area contributed by atoms with Crippen LogP contribution < -0.4 is 16.2 Å². The van der Waals surface area contributed by atoms with Gasteiger partial charge in [-0.25, -0.2) is 10.9 Å². The molecule has 0 aliphatic carbocycles. The van der Waals surface area contributed by atoms with Gasteiger partial charge in [0.25, 0.3) is 0 Å². The fraction of sp³-hybridized carbons (Fsp3) is 0.333. The molecule has 2 rings (SSSR count). The first-order valence-electron chi connectivity index (χ1n) is 4.39. The van der Waals surface area contributed by atoms with E-state index in [0.29, 0.717) is 0 Å². The van der Waals surface area contributed by atoms with Gasteiger partial charge < -0.3 is 5.32 Å². The molecule has 1 aliphatic heterocycles. The largest absolute Gasteiger partial charge is 0.426 e. The Balaban J connectivity index is 2.30. The minimum atomic E-state index is -4.34. The average molecular weight is 217 g/mol. The second kappa shape index (κ2) is 3.11. The minimum Gasteiger partial charge on any atom is -0.388 e. The number of halogens is 3. The second-order valence-electron chi connectivity index (χ2n) is 3.33. The van der Waals surface area contributed by atoms with Crippen LogP contribution in [0.3, 0.4) is 0 Å². The SMILES string of the molecule is CNc1ccc(C2(C(F)(F)F)NN2)cc1. The van der Waals surface area contributed by atoms with Gasteiger partial charge in [0.05, 0.1) is 0 Å². The van der Waals surface area contributed by atoms with Crippen LogP contribution >= 0.6 is 0 Å². The van der Waals surface area contributed by atoms with Crippen molar-refractivity contribution in [3.8, 4) is 0 Å². The topological polar surface area (TPSA) is 55.9 Å². The third-order valence-corrected chi connectivity index (χ3v) is 2.41. The molecule has 6 heteroatoms. The lowest BCUT2D eigenvalue weighted by molar-refractivity contribution is -0.165. The van der Waals surface area contributed by atoms with Crippen LogP contribution in [0.4, 0.5) is 18.9 Å². The van der Waals surface area contributed by atoms with Crippen molar-refractivity contribution in [3.63, 3.8) is 0 Å². The number of hydrogen-bond acceptors (Lipinski definition) is 3. The Kier molecular flexibility index (Phi) is 2.13. The van der Waals surface area contributed by atoms with Crippen LogP contribution in [-0.4, -0.2) is 13.2 Å². The predicted octanol–water partition coefficient (Wildman–Crippen LogP) is 1.55. The van der Waals surface area contributed by atoms with Crippen LogP contribution in [0.25, 0.3) is 0 Å². The maximum atomic E-state index is 12.6. The zero-order valence-electron chi connectivity index (χ0n) is 7.94. The molecule has 15 heavy (non-hydrogen) atoms. The normalized spacial score (nSPS) is 18.7. The van der Waals surface area contributed by atoms with Crippen LogP contribution in [0.15, 0.2) is 24.3 Å². The van der Waals surface area contributed by atoms with Crippen molar-refractivity contribution >= 4 is 5.69 Å². The van der Waals surface area contributed by atoms with Crippen molar-refractivity contribution < 1.29 is 13.2 Å². The smallest absolute Gasteiger partial charge is 0.388 e. The highest BCUT2D eigenvalue weighted by Crippen LogP contribution is 2.42. The first-order valence-corrected chi connectivity index (χ1v) is 4.39. The van der Waals surface area contributed by atoms with Gasteiger partial charge in [-0.05, 0) is 17.7 Å². The molecule has 0 aromatic heterocycles. The Morgan fingerprint density at radius 2 is 1.67 bits per heavy atom. The molecule has 3 N–H and O–H groups in total. The Morgan fingerprint density at radius 3 is 2.00 bits per heavy atom. The summed E-state index contributed by atoms with van der Waals surface area (Å²) in [6.45, 7) is 0. The van der Waals surface area contributed by atoms with E-state index in [9.17, 15) is 13.2 Å². The summed E-state index contributed by atoms with van der Waals surface area (Å²) in [6.07, 6.45) is -4.34. The van der Waals surface area contributed by atoms with E-state index in [4.69, 9.17) is 0 Å². The quantitative estimate of drug-likeness (QED) is 0.659. The van der Waals surface area contributed by atoms with Gasteiger partial charge in [0.1, 0.15) is 0 Å². The molecule has 3 nitrogen and oxygen atoms in total. The van der Waals surface area contributed by atoms with Crippen LogP contribution in [0.5, 0.6) is 0 Å². The summed E-state index contributed by atoms with van der Waals surface area (Å²) in [6, 6.07) is 6.08. The van der Waals surface area contributed by atoms with Crippen molar-refractivity contribution in [1.29, 1.82) is 0 Å². The monoisotopic (exact) mass is 217 g/mol. The molecule has 0 atom stereocenters. The molecular formula is C9H10F3N3. The van der Waals surface area contributed by atoms with Crippen molar-refractivity contribution in [2.75, 3.05) is 12.4 Å². The standard InChI is InChI=1S/C9H10F3N3/c1-13-7-4-2-6(3-5-7)8(14-15-8)9(10,11)12/h2-5,13-15H,1H3. The van der Waals surface area contributed by atoms with Gasteiger partial charge in [-0.1, -0.05) is 12.1 Å². The molecule has 1 heterocycles. The summed E-state index contributed by atoms with van der Waals surface area (Å²) in [5.41, 5.74) is 3.17. The third-order valence-electron chi connectivity index (χ3n) is 2.41. The van der Waals surface area contributed by atoms with Gasteiger partial charge in [0.2, 0.25) is 5.66 Å². The molecule has 0 bridgehead atoms. The summed E-state index contributed by atoms with van der Waals surface area (Å²) in [5.74, 6) is 0. The number of rotatable bonds is 2. The van der Waals surface area contributed by atoms with E-state index in [2.05, 4.69) is 16.2 Å². The van der Waals surface area contributed by atoms with E-state index in [-0.39, 0.29) is 5.56 Å². The van der Waals surface area contributed by atoms with Crippen LogP contribution in [-0.2, 0) is 5.66 Å². The number of hydrogen-bond donors (Lipinski definition) is 3. The number of alkyl halides is 3. The molecule has 0 unspecified atom stereocenters. The Bertz CT molecular complexity index is 354. The fourth-order valence-electron chi connectivity index (χ4n) is 1.40. The molecule has 1 aromatic carbocycles. The first-order chi connectivity index (χ1) is 6.99. The van der Waals surface area contributed by atoms with Crippen molar-refractivity contribution in [2.45, 2.75) is 11.8 Å². The lowest BCUT2D eigenvalue weighted by Gasteiger charge is -2.16. The van der Waals surface area contributed by atoms with E-state index in [1.54, 1.807) is 19.2 Å². The molecule has 1 saturated heterocycles. The Hall–Kier alpha value is -1.27. The number of benzene rings is 1. The molecule has 1 aliphatic rings. The fourth-order valence-corrected chi connectivity index (χ4v) is 1.40. The lowest BCUT2D eigenvalue weighted by atomic mass is 10.0. The van der Waals surface area contributed by atoms with E-state index in [1.165, 1.54) is 12.1 Å². The highest BCUT2D eigenvalue weighted by molar-refractivity contribution is 5.46. The summed E-state index contributed by atoms with van der Waals surface area (Å²) < 4.78 is 37.9. The van der Waals surface area contributed by atoms with E-state index < -0.39 is 11.8 Å². The molecular weight excluding hydrogens is 207 g/mol. The van der Waals surface area contributed by atoms with Crippen LogP contribution in [0, 0.1) is 0 Å². The van der Waals surface area contributed by atoms with E-state index in [0.717, 1.165) is 5.69 Å². The number of nitrogens with one attached hydrogen (secondary N) is 3.